The van der Waals surface area contributed by atoms with Crippen molar-refractivity contribution in [2.45, 2.75) is 51.6 Å². The number of piperidine rings is 1. The van der Waals surface area contributed by atoms with Crippen molar-refractivity contribution < 1.29 is 38.1 Å². The van der Waals surface area contributed by atoms with Crippen molar-refractivity contribution in [1.29, 1.82) is 0 Å². The van der Waals surface area contributed by atoms with Gasteiger partial charge in [0.2, 0.25) is 0 Å². The second-order valence-electron chi connectivity index (χ2n) is 10.3. The number of urea groups is 1. The maximum atomic E-state index is 14.3. The van der Waals surface area contributed by atoms with Crippen LogP contribution in [0, 0.1) is 17.6 Å². The van der Waals surface area contributed by atoms with Crippen molar-refractivity contribution in [3.63, 3.8) is 0 Å². The number of nitrogens with zero attached hydrogens (tertiary/aromatic N) is 1. The third kappa shape index (κ3) is 7.94. The first-order valence-corrected chi connectivity index (χ1v) is 13.6. The predicted molar refractivity (Wildman–Crippen MR) is 150 cm³/mol. The van der Waals surface area contributed by atoms with Gasteiger partial charge in [-0.05, 0) is 61.6 Å². The minimum Gasteiger partial charge on any atom is -0.478 e. The average molecular weight is 569 g/mol. The molecule has 4 rings (SSSR count). The lowest BCUT2D eigenvalue weighted by atomic mass is 9.81. The van der Waals surface area contributed by atoms with Crippen molar-refractivity contribution in [2.24, 2.45) is 5.92 Å². The van der Waals surface area contributed by atoms with Gasteiger partial charge in [-0.3, -0.25) is 0 Å². The number of halogens is 2. The molecular weight excluding hydrogens is 534 g/mol. The summed E-state index contributed by atoms with van der Waals surface area (Å²) in [7, 11) is 0. The number of carbonyl (C=O) groups excluding carboxylic acids is 1. The Bertz CT molecular complexity index is 1370. The van der Waals surface area contributed by atoms with Gasteiger partial charge >= 0.3 is 12.0 Å². The maximum absolute atomic E-state index is 14.3. The van der Waals surface area contributed by atoms with E-state index in [-0.39, 0.29) is 28.8 Å². The number of carboxylic acid groups (broad SMARTS) is 1. The highest BCUT2D eigenvalue weighted by atomic mass is 19.1. The van der Waals surface area contributed by atoms with Crippen LogP contribution in [0.5, 0.6) is 23.0 Å². The summed E-state index contributed by atoms with van der Waals surface area (Å²) in [5, 5.41) is 23.0. The number of amides is 2. The first-order chi connectivity index (χ1) is 19.6. The van der Waals surface area contributed by atoms with Crippen LogP contribution in [0.2, 0.25) is 0 Å². The number of benzene rings is 3. The van der Waals surface area contributed by atoms with Crippen molar-refractivity contribution in [3.8, 4) is 23.0 Å². The average Bonchev–Trinajstić information content (AvgIpc) is 2.94. The number of likely N-dealkylation sites (tertiary alicyclic amines) is 1. The highest BCUT2D eigenvalue weighted by molar-refractivity contribution is 5.90. The van der Waals surface area contributed by atoms with Crippen LogP contribution >= 0.6 is 0 Å². The number of aliphatic hydroxyl groups is 1. The second-order valence-corrected chi connectivity index (χ2v) is 10.3. The summed E-state index contributed by atoms with van der Waals surface area (Å²) in [4.78, 5) is 25.9. The van der Waals surface area contributed by atoms with Gasteiger partial charge in [0.05, 0.1) is 11.2 Å². The van der Waals surface area contributed by atoms with Gasteiger partial charge in [0, 0.05) is 43.0 Å². The fourth-order valence-corrected chi connectivity index (χ4v) is 4.90. The first kappa shape index (κ1) is 29.8. The first-order valence-electron chi connectivity index (χ1n) is 13.6. The van der Waals surface area contributed by atoms with Gasteiger partial charge in [-0.1, -0.05) is 26.7 Å². The molecule has 1 aliphatic heterocycles. The van der Waals surface area contributed by atoms with Crippen LogP contribution in [0.1, 0.15) is 56.3 Å². The molecule has 218 valence electrons. The number of hydrogen-bond donors (Lipinski definition) is 3. The zero-order chi connectivity index (χ0) is 29.6. The van der Waals surface area contributed by atoms with E-state index in [1.165, 1.54) is 36.4 Å². The van der Waals surface area contributed by atoms with Gasteiger partial charge in [-0.15, -0.1) is 0 Å². The van der Waals surface area contributed by atoms with E-state index in [1.54, 1.807) is 11.0 Å². The van der Waals surface area contributed by atoms with Crippen LogP contribution in [0.4, 0.5) is 19.3 Å². The number of anilines is 1. The molecule has 0 bridgehead atoms. The Balaban J connectivity index is 1.52. The fraction of sp³-hybridized carbons (Fsp3) is 0.355. The summed E-state index contributed by atoms with van der Waals surface area (Å²) < 4.78 is 39.2. The Morgan fingerprint density at radius 1 is 0.927 bits per heavy atom. The Labute approximate surface area is 237 Å². The van der Waals surface area contributed by atoms with E-state index in [4.69, 9.17) is 14.6 Å². The third-order valence-corrected chi connectivity index (χ3v) is 7.39. The molecule has 0 atom stereocenters. The molecule has 0 unspecified atom stereocenters. The van der Waals surface area contributed by atoms with E-state index in [0.717, 1.165) is 25.0 Å². The number of carboxylic acids is 1. The van der Waals surface area contributed by atoms with Gasteiger partial charge < -0.3 is 29.9 Å². The topological polar surface area (TPSA) is 108 Å². The van der Waals surface area contributed by atoms with Gasteiger partial charge in [0.25, 0.3) is 0 Å². The summed E-state index contributed by atoms with van der Waals surface area (Å²) in [5.74, 6) is -1.86. The molecule has 3 aromatic carbocycles. The number of rotatable bonds is 10. The SMILES string of the molecule is CCC(CC)CC1(O)CCN(C(=O)Nc2cc(Oc3ccc(C(=O)O)cc3)cc(Oc3ccc(F)cc3F)c2)CC1. The molecule has 10 heteroatoms. The highest BCUT2D eigenvalue weighted by Gasteiger charge is 2.35. The maximum Gasteiger partial charge on any atom is 0.335 e. The molecule has 8 nitrogen and oxygen atoms in total. The van der Waals surface area contributed by atoms with Crippen molar-refractivity contribution in [3.05, 3.63) is 77.9 Å². The van der Waals surface area contributed by atoms with Gasteiger partial charge in [0.15, 0.2) is 11.6 Å². The second kappa shape index (κ2) is 13.0. The molecule has 2 amide bonds. The van der Waals surface area contributed by atoms with Crippen molar-refractivity contribution in [1.82, 2.24) is 4.90 Å². The number of aromatic carboxylic acids is 1. The van der Waals surface area contributed by atoms with E-state index in [9.17, 15) is 23.5 Å². The molecular formula is C31H34F2N2O6. The Morgan fingerprint density at radius 3 is 2.15 bits per heavy atom. The van der Waals surface area contributed by atoms with Crippen LogP contribution < -0.4 is 14.8 Å². The Morgan fingerprint density at radius 2 is 1.56 bits per heavy atom. The zero-order valence-electron chi connectivity index (χ0n) is 23.0. The molecule has 0 radical (unpaired) electrons. The molecule has 1 heterocycles. The quantitative estimate of drug-likeness (QED) is 0.235. The molecule has 3 aromatic rings. The Kier molecular flexibility index (Phi) is 9.44. The van der Waals surface area contributed by atoms with Gasteiger partial charge in [-0.2, -0.15) is 0 Å². The zero-order valence-corrected chi connectivity index (χ0v) is 23.0. The summed E-state index contributed by atoms with van der Waals surface area (Å²) in [6.07, 6.45) is 3.66. The number of nitrogens with one attached hydrogen (secondary N) is 1. The molecule has 1 saturated heterocycles. The summed E-state index contributed by atoms with van der Waals surface area (Å²) in [6, 6.07) is 12.7. The van der Waals surface area contributed by atoms with E-state index >= 15 is 0 Å². The highest BCUT2D eigenvalue weighted by Crippen LogP contribution is 2.35. The summed E-state index contributed by atoms with van der Waals surface area (Å²) >= 11 is 0. The van der Waals surface area contributed by atoms with Gasteiger partial charge in [-0.25, -0.2) is 18.4 Å². The monoisotopic (exact) mass is 568 g/mol. The van der Waals surface area contributed by atoms with E-state index in [1.807, 2.05) is 0 Å². The smallest absolute Gasteiger partial charge is 0.335 e. The van der Waals surface area contributed by atoms with Crippen LogP contribution in [-0.4, -0.2) is 45.8 Å². The van der Waals surface area contributed by atoms with Crippen LogP contribution in [0.25, 0.3) is 0 Å². The minimum atomic E-state index is -1.08. The van der Waals surface area contributed by atoms with Crippen LogP contribution in [-0.2, 0) is 0 Å². The van der Waals surface area contributed by atoms with Crippen LogP contribution in [0.15, 0.2) is 60.7 Å². The third-order valence-electron chi connectivity index (χ3n) is 7.39. The minimum absolute atomic E-state index is 0.0857. The molecule has 0 saturated carbocycles. The normalized spacial score (nSPS) is 14.5. The van der Waals surface area contributed by atoms with E-state index in [2.05, 4.69) is 19.2 Å². The molecule has 1 aliphatic rings. The lowest BCUT2D eigenvalue weighted by Crippen LogP contribution is -2.48. The van der Waals surface area contributed by atoms with E-state index in [0.29, 0.717) is 55.8 Å². The lowest BCUT2D eigenvalue weighted by molar-refractivity contribution is -0.0309. The summed E-state index contributed by atoms with van der Waals surface area (Å²) in [6.45, 7) is 5.01. The van der Waals surface area contributed by atoms with Crippen LogP contribution in [0.3, 0.4) is 0 Å². The molecule has 0 aliphatic carbocycles. The Hall–Kier alpha value is -4.18. The van der Waals surface area contributed by atoms with Crippen molar-refractivity contribution in [2.75, 3.05) is 18.4 Å². The molecule has 0 aromatic heterocycles. The van der Waals surface area contributed by atoms with E-state index < -0.39 is 23.2 Å². The molecule has 1 fully saturated rings. The van der Waals surface area contributed by atoms with Gasteiger partial charge in [0.1, 0.15) is 23.1 Å². The standard InChI is InChI=1S/C31H34F2N2O6/c1-3-20(4-2)19-31(39)11-13-35(14-12-31)30(38)34-23-16-25(40-24-8-5-21(6-9-24)29(36)37)18-26(17-23)41-28-10-7-22(32)15-27(28)33/h5-10,15-18,20,39H,3-4,11-14,19H2,1-2H3,(H,34,38)(H,36,37). The lowest BCUT2D eigenvalue weighted by Gasteiger charge is -2.39. The molecule has 41 heavy (non-hydrogen) atoms. The largest absolute Gasteiger partial charge is 0.478 e. The molecule has 3 N–H and O–H groups in total. The number of carbonyl (C=O) groups is 2. The number of hydrogen-bond acceptors (Lipinski definition) is 5. The number of ether oxygens (including phenoxy) is 2. The summed E-state index contributed by atoms with van der Waals surface area (Å²) in [5.41, 5.74) is -0.412. The molecule has 0 spiro atoms. The fourth-order valence-electron chi connectivity index (χ4n) is 4.90. The predicted octanol–water partition coefficient (Wildman–Crippen LogP) is 7.43. The van der Waals surface area contributed by atoms with Crippen molar-refractivity contribution >= 4 is 17.7 Å².